The minimum Gasteiger partial charge on any atom is -0.457 e. The first-order chi connectivity index (χ1) is 14.6. The Hall–Kier alpha value is -3.14. The Morgan fingerprint density at radius 2 is 1.71 bits per heavy atom. The molecule has 3 aromatic carbocycles. The molecule has 0 bridgehead atoms. The van der Waals surface area contributed by atoms with E-state index in [1.54, 1.807) is 12.1 Å². The van der Waals surface area contributed by atoms with E-state index < -0.39 is 0 Å². The molecule has 4 N–H and O–H groups in total. The average molecular weight is 534 g/mol. The smallest absolute Gasteiger partial charge is 0.224 e. The molecule has 0 spiro atoms. The summed E-state index contributed by atoms with van der Waals surface area (Å²) in [5.41, 5.74) is 7.27. The zero-order valence-corrected chi connectivity index (χ0v) is 19.1. The number of aliphatic imine (C=N–C) groups is 1. The van der Waals surface area contributed by atoms with Gasteiger partial charge in [-0.1, -0.05) is 36.4 Å². The highest BCUT2D eigenvalue weighted by Gasteiger charge is 2.04. The van der Waals surface area contributed by atoms with E-state index >= 15 is 0 Å². The van der Waals surface area contributed by atoms with Crippen LogP contribution in [-0.4, -0.2) is 25.0 Å². The minimum atomic E-state index is -0.359. The van der Waals surface area contributed by atoms with Gasteiger partial charge >= 0.3 is 0 Å². The van der Waals surface area contributed by atoms with Gasteiger partial charge in [-0.2, -0.15) is 0 Å². The molecule has 3 rings (SSSR count). The van der Waals surface area contributed by atoms with Crippen molar-refractivity contribution in [2.45, 2.75) is 6.42 Å². The normalized spacial score (nSPS) is 10.7. The van der Waals surface area contributed by atoms with E-state index in [9.17, 15) is 9.18 Å². The number of nitrogens with zero attached hydrogens (tertiary/aromatic N) is 1. The fourth-order valence-electron chi connectivity index (χ4n) is 2.72. The maximum Gasteiger partial charge on any atom is 0.224 e. The second kappa shape index (κ2) is 12.5. The molecule has 8 heteroatoms. The molecule has 0 aliphatic carbocycles. The number of hydrogen-bond acceptors (Lipinski definition) is 3. The largest absolute Gasteiger partial charge is 0.457 e. The van der Waals surface area contributed by atoms with Crippen LogP contribution >= 0.6 is 24.0 Å². The van der Waals surface area contributed by atoms with E-state index in [-0.39, 0.29) is 48.1 Å². The monoisotopic (exact) mass is 534 g/mol. The molecule has 1 amide bonds. The van der Waals surface area contributed by atoms with E-state index in [0.29, 0.717) is 24.4 Å². The summed E-state index contributed by atoms with van der Waals surface area (Å²) < 4.78 is 18.9. The third-order valence-corrected chi connectivity index (χ3v) is 4.06. The first-order valence-electron chi connectivity index (χ1n) is 9.49. The van der Waals surface area contributed by atoms with E-state index in [1.165, 1.54) is 12.1 Å². The molecule has 0 fully saturated rings. The SMILES string of the molecule is I.NC(=NCCNC(=O)Cc1cccc(F)c1)Nc1cccc(Oc2ccccc2)c1. The molecule has 162 valence electrons. The number of carbonyl (C=O) groups is 1. The Kier molecular flexibility index (Phi) is 9.76. The maximum atomic E-state index is 13.1. The molecule has 0 radical (unpaired) electrons. The Morgan fingerprint density at radius 3 is 2.48 bits per heavy atom. The number of amides is 1. The molecule has 0 aliphatic heterocycles. The molecule has 0 aromatic heterocycles. The van der Waals surface area contributed by atoms with Crippen LogP contribution in [0.15, 0.2) is 83.9 Å². The molecule has 0 atom stereocenters. The molecular weight excluding hydrogens is 510 g/mol. The van der Waals surface area contributed by atoms with Crippen molar-refractivity contribution in [1.82, 2.24) is 5.32 Å². The zero-order chi connectivity index (χ0) is 21.2. The molecule has 6 nitrogen and oxygen atoms in total. The predicted octanol–water partition coefficient (Wildman–Crippen LogP) is 4.32. The summed E-state index contributed by atoms with van der Waals surface area (Å²) in [6, 6.07) is 22.8. The number of nitrogens with two attached hydrogens (primary N) is 1. The number of carbonyl (C=O) groups excluding carboxylic acids is 1. The molecule has 0 saturated carbocycles. The second-order valence-electron chi connectivity index (χ2n) is 6.49. The van der Waals surface area contributed by atoms with Gasteiger partial charge in [0.2, 0.25) is 5.91 Å². The van der Waals surface area contributed by atoms with E-state index in [2.05, 4.69) is 15.6 Å². The molecule has 0 aliphatic rings. The molecule has 0 heterocycles. The Bertz CT molecular complexity index is 1020. The van der Waals surface area contributed by atoms with Gasteiger partial charge < -0.3 is 21.1 Å². The number of halogens is 2. The zero-order valence-electron chi connectivity index (χ0n) is 16.8. The summed E-state index contributed by atoms with van der Waals surface area (Å²) in [6.45, 7) is 0.640. The molecule has 3 aromatic rings. The number of rotatable bonds is 8. The lowest BCUT2D eigenvalue weighted by molar-refractivity contribution is -0.120. The number of ether oxygens (including phenoxy) is 1. The van der Waals surface area contributed by atoms with Crippen molar-refractivity contribution in [3.8, 4) is 11.5 Å². The Morgan fingerprint density at radius 1 is 0.968 bits per heavy atom. The van der Waals surface area contributed by atoms with Gasteiger partial charge in [0.1, 0.15) is 17.3 Å². The maximum absolute atomic E-state index is 13.1. The summed E-state index contributed by atoms with van der Waals surface area (Å²) in [6.07, 6.45) is 0.114. The van der Waals surface area contributed by atoms with Gasteiger partial charge in [-0.25, -0.2) is 4.39 Å². The topological polar surface area (TPSA) is 88.7 Å². The standard InChI is InChI=1S/C23H23FN4O2.HI/c24-18-7-4-6-17(14-18)15-22(29)26-12-13-27-23(25)28-19-8-5-11-21(16-19)30-20-9-2-1-3-10-20;/h1-11,14,16H,12-13,15H2,(H,26,29)(H3,25,27,28);1H. The summed E-state index contributed by atoms with van der Waals surface area (Å²) >= 11 is 0. The molecular formula is C23H24FIN4O2. The van der Waals surface area contributed by atoms with Crippen LogP contribution in [0.5, 0.6) is 11.5 Å². The number of nitrogens with one attached hydrogen (secondary N) is 2. The fraction of sp³-hybridized carbons (Fsp3) is 0.130. The Balaban J connectivity index is 0.00000341. The Labute approximate surface area is 197 Å². The van der Waals surface area contributed by atoms with Crippen LogP contribution in [0.3, 0.4) is 0 Å². The van der Waals surface area contributed by atoms with Crippen LogP contribution in [0.4, 0.5) is 10.1 Å². The first-order valence-corrected chi connectivity index (χ1v) is 9.49. The quantitative estimate of drug-likeness (QED) is 0.174. The van der Waals surface area contributed by atoms with Crippen LogP contribution in [-0.2, 0) is 11.2 Å². The number of benzene rings is 3. The van der Waals surface area contributed by atoms with Gasteiger partial charge in [-0.05, 0) is 42.0 Å². The summed E-state index contributed by atoms with van der Waals surface area (Å²) in [5.74, 6) is 1.08. The van der Waals surface area contributed by atoms with E-state index in [0.717, 1.165) is 11.4 Å². The van der Waals surface area contributed by atoms with Crippen molar-refractivity contribution in [1.29, 1.82) is 0 Å². The van der Waals surface area contributed by atoms with Gasteiger partial charge in [0, 0.05) is 18.3 Å². The minimum absolute atomic E-state index is 0. The lowest BCUT2D eigenvalue weighted by atomic mass is 10.1. The highest BCUT2D eigenvalue weighted by Crippen LogP contribution is 2.23. The predicted molar refractivity (Wildman–Crippen MR) is 132 cm³/mol. The number of anilines is 1. The van der Waals surface area contributed by atoms with Crippen LogP contribution in [0.2, 0.25) is 0 Å². The average Bonchev–Trinajstić information content (AvgIpc) is 2.72. The van der Waals surface area contributed by atoms with E-state index in [4.69, 9.17) is 10.5 Å². The summed E-state index contributed by atoms with van der Waals surface area (Å²) in [4.78, 5) is 16.1. The fourth-order valence-corrected chi connectivity index (χ4v) is 2.72. The van der Waals surface area contributed by atoms with Gasteiger partial charge in [0.05, 0.1) is 13.0 Å². The molecule has 31 heavy (non-hydrogen) atoms. The highest BCUT2D eigenvalue weighted by molar-refractivity contribution is 14.0. The number of guanidine groups is 1. The van der Waals surface area contributed by atoms with Crippen molar-refractivity contribution >= 4 is 41.5 Å². The van der Waals surface area contributed by atoms with E-state index in [1.807, 2.05) is 54.6 Å². The first kappa shape index (κ1) is 24.1. The second-order valence-corrected chi connectivity index (χ2v) is 6.49. The highest BCUT2D eigenvalue weighted by atomic mass is 127. The lowest BCUT2D eigenvalue weighted by Gasteiger charge is -2.09. The van der Waals surface area contributed by atoms with Gasteiger partial charge in [0.15, 0.2) is 5.96 Å². The third-order valence-electron chi connectivity index (χ3n) is 4.06. The van der Waals surface area contributed by atoms with Crippen molar-refractivity contribution in [2.75, 3.05) is 18.4 Å². The molecule has 0 unspecified atom stereocenters. The van der Waals surface area contributed by atoms with Gasteiger partial charge in [-0.15, -0.1) is 24.0 Å². The van der Waals surface area contributed by atoms with Gasteiger partial charge in [-0.3, -0.25) is 9.79 Å². The van der Waals surface area contributed by atoms with Gasteiger partial charge in [0.25, 0.3) is 0 Å². The van der Waals surface area contributed by atoms with Crippen molar-refractivity contribution in [3.63, 3.8) is 0 Å². The lowest BCUT2D eigenvalue weighted by Crippen LogP contribution is -2.29. The van der Waals surface area contributed by atoms with Crippen molar-refractivity contribution < 1.29 is 13.9 Å². The van der Waals surface area contributed by atoms with Crippen LogP contribution in [0, 0.1) is 5.82 Å². The summed E-state index contributed by atoms with van der Waals surface area (Å²) in [5, 5.41) is 5.73. The van der Waals surface area contributed by atoms with Crippen LogP contribution in [0.1, 0.15) is 5.56 Å². The summed E-state index contributed by atoms with van der Waals surface area (Å²) in [7, 11) is 0. The van der Waals surface area contributed by atoms with Crippen LogP contribution < -0.4 is 21.1 Å². The van der Waals surface area contributed by atoms with Crippen molar-refractivity contribution in [3.05, 3.63) is 90.2 Å². The molecule has 0 saturated heterocycles. The van der Waals surface area contributed by atoms with Crippen molar-refractivity contribution in [2.24, 2.45) is 10.7 Å². The number of hydrogen-bond donors (Lipinski definition) is 3. The van der Waals surface area contributed by atoms with Crippen LogP contribution in [0.25, 0.3) is 0 Å². The third kappa shape index (κ3) is 8.63. The number of para-hydroxylation sites is 1.